The van der Waals surface area contributed by atoms with E-state index in [-0.39, 0.29) is 13.2 Å². The van der Waals surface area contributed by atoms with E-state index >= 15 is 0 Å². The summed E-state index contributed by atoms with van der Waals surface area (Å²) in [6.45, 7) is -0.277. The molecule has 2 aromatic rings. The fraction of sp³-hybridized carbons (Fsp3) is 0.143. The number of sulfonamides is 1. The van der Waals surface area contributed by atoms with Crippen LogP contribution in [0.2, 0.25) is 0 Å². The third-order valence-corrected chi connectivity index (χ3v) is 4.81. The minimum Gasteiger partial charge on any atom is -0.392 e. The van der Waals surface area contributed by atoms with Crippen LogP contribution < -0.4 is 4.72 Å². The first-order chi connectivity index (χ1) is 9.92. The highest BCUT2D eigenvalue weighted by molar-refractivity contribution is 9.10. The number of hydrogen-bond donors (Lipinski definition) is 2. The number of aliphatic hydroxyl groups is 1. The fourth-order valence-corrected chi connectivity index (χ4v) is 3.06. The lowest BCUT2D eigenvalue weighted by atomic mass is 10.2. The summed E-state index contributed by atoms with van der Waals surface area (Å²) >= 11 is 3.29. The van der Waals surface area contributed by atoms with E-state index in [1.807, 2.05) is 0 Å². The van der Waals surface area contributed by atoms with Crippen molar-refractivity contribution in [3.05, 3.63) is 63.9 Å². The number of halogens is 2. The Labute approximate surface area is 130 Å². The molecule has 2 N–H and O–H groups in total. The molecule has 0 atom stereocenters. The number of aliphatic hydroxyl groups excluding tert-OH is 1. The monoisotopic (exact) mass is 373 g/mol. The second-order valence-corrected chi connectivity index (χ2v) is 7.02. The summed E-state index contributed by atoms with van der Waals surface area (Å²) in [6, 6.07) is 10.6. The lowest BCUT2D eigenvalue weighted by molar-refractivity contribution is 0.281. The molecule has 0 heterocycles. The first-order valence-electron chi connectivity index (χ1n) is 6.06. The molecule has 0 spiro atoms. The van der Waals surface area contributed by atoms with Crippen molar-refractivity contribution >= 4 is 26.0 Å². The number of hydrogen-bond acceptors (Lipinski definition) is 3. The number of nitrogens with one attached hydrogen (secondary N) is 1. The topological polar surface area (TPSA) is 66.4 Å². The molecule has 2 rings (SSSR count). The van der Waals surface area contributed by atoms with Crippen molar-refractivity contribution in [2.45, 2.75) is 18.0 Å². The molecule has 0 bridgehead atoms. The van der Waals surface area contributed by atoms with E-state index in [4.69, 9.17) is 5.11 Å². The van der Waals surface area contributed by atoms with Gasteiger partial charge in [0.05, 0.1) is 6.61 Å². The summed E-state index contributed by atoms with van der Waals surface area (Å²) in [5.74, 6) is -0.884. The van der Waals surface area contributed by atoms with Crippen molar-refractivity contribution in [3.63, 3.8) is 0 Å². The zero-order valence-electron chi connectivity index (χ0n) is 10.9. The van der Waals surface area contributed by atoms with Crippen LogP contribution in [0.4, 0.5) is 4.39 Å². The molecule has 0 aliphatic heterocycles. The molecule has 0 saturated heterocycles. The van der Waals surface area contributed by atoms with Crippen molar-refractivity contribution in [2.24, 2.45) is 0 Å². The van der Waals surface area contributed by atoms with Gasteiger partial charge in [0.15, 0.2) is 0 Å². The number of rotatable bonds is 5. The summed E-state index contributed by atoms with van der Waals surface area (Å²) in [5, 5.41) is 8.89. The zero-order valence-corrected chi connectivity index (χ0v) is 13.3. The Morgan fingerprint density at radius 3 is 2.29 bits per heavy atom. The van der Waals surface area contributed by atoms with Crippen molar-refractivity contribution < 1.29 is 17.9 Å². The maximum Gasteiger partial charge on any atom is 0.243 e. The van der Waals surface area contributed by atoms with Gasteiger partial charge in [-0.05, 0) is 35.4 Å². The molecule has 0 aromatic heterocycles. The molecule has 7 heteroatoms. The van der Waals surface area contributed by atoms with Crippen molar-refractivity contribution in [3.8, 4) is 0 Å². The molecule has 112 valence electrons. The lowest BCUT2D eigenvalue weighted by Gasteiger charge is -2.09. The van der Waals surface area contributed by atoms with Crippen LogP contribution in [0.25, 0.3) is 0 Å². The van der Waals surface area contributed by atoms with Crippen LogP contribution in [-0.2, 0) is 23.2 Å². The third-order valence-electron chi connectivity index (χ3n) is 2.85. The molecule has 0 unspecified atom stereocenters. The van der Waals surface area contributed by atoms with Crippen LogP contribution in [0.5, 0.6) is 0 Å². The minimum atomic E-state index is -3.94. The Bertz CT molecular complexity index is 732. The average molecular weight is 374 g/mol. The van der Waals surface area contributed by atoms with Crippen LogP contribution in [0.15, 0.2) is 51.8 Å². The molecule has 0 aliphatic rings. The van der Waals surface area contributed by atoms with Crippen LogP contribution in [-0.4, -0.2) is 13.5 Å². The van der Waals surface area contributed by atoms with Gasteiger partial charge >= 0.3 is 0 Å². The van der Waals surface area contributed by atoms with Gasteiger partial charge in [-0.15, -0.1) is 0 Å². The summed E-state index contributed by atoms with van der Waals surface area (Å²) in [6.07, 6.45) is 0. The molecular formula is C14H13BrFNO3S. The van der Waals surface area contributed by atoms with Gasteiger partial charge in [-0.1, -0.05) is 34.1 Å². The molecule has 0 fully saturated rings. The Balaban J connectivity index is 2.16. The molecular weight excluding hydrogens is 361 g/mol. The molecule has 0 radical (unpaired) electrons. The van der Waals surface area contributed by atoms with Gasteiger partial charge in [-0.3, -0.25) is 0 Å². The smallest absolute Gasteiger partial charge is 0.243 e. The molecule has 21 heavy (non-hydrogen) atoms. The standard InChI is InChI=1S/C14H13BrFNO3S/c15-12-4-1-10(2-5-12)8-17-21(19,20)14-6-3-11(9-18)7-13(14)16/h1-7,17-18H,8-9H2. The van der Waals surface area contributed by atoms with E-state index in [1.165, 1.54) is 6.07 Å². The van der Waals surface area contributed by atoms with Gasteiger partial charge in [-0.2, -0.15) is 0 Å². The normalized spacial score (nSPS) is 11.6. The van der Waals surface area contributed by atoms with E-state index in [0.717, 1.165) is 22.2 Å². The largest absolute Gasteiger partial charge is 0.392 e. The second-order valence-electron chi connectivity index (χ2n) is 4.37. The van der Waals surface area contributed by atoms with Crippen LogP contribution in [0, 0.1) is 5.82 Å². The highest BCUT2D eigenvalue weighted by atomic mass is 79.9. The van der Waals surface area contributed by atoms with E-state index in [0.29, 0.717) is 5.56 Å². The first-order valence-corrected chi connectivity index (χ1v) is 8.33. The maximum absolute atomic E-state index is 13.8. The zero-order chi connectivity index (χ0) is 15.5. The van der Waals surface area contributed by atoms with E-state index < -0.39 is 20.7 Å². The van der Waals surface area contributed by atoms with Crippen molar-refractivity contribution in [1.82, 2.24) is 4.72 Å². The SMILES string of the molecule is O=S(=O)(NCc1ccc(Br)cc1)c1ccc(CO)cc1F. The Hall–Kier alpha value is -1.28. The van der Waals surface area contributed by atoms with Gasteiger partial charge in [0.2, 0.25) is 10.0 Å². The summed E-state index contributed by atoms with van der Waals surface area (Å²) in [7, 11) is -3.94. The Kier molecular flexibility index (Phi) is 5.10. The van der Waals surface area contributed by atoms with Crippen molar-refractivity contribution in [1.29, 1.82) is 0 Å². The van der Waals surface area contributed by atoms with Crippen LogP contribution >= 0.6 is 15.9 Å². The molecule has 0 amide bonds. The maximum atomic E-state index is 13.8. The predicted octanol–water partition coefficient (Wildman–Crippen LogP) is 2.56. The van der Waals surface area contributed by atoms with E-state index in [2.05, 4.69) is 20.7 Å². The Morgan fingerprint density at radius 2 is 1.71 bits per heavy atom. The highest BCUT2D eigenvalue weighted by Gasteiger charge is 2.18. The van der Waals surface area contributed by atoms with Crippen LogP contribution in [0.1, 0.15) is 11.1 Å². The van der Waals surface area contributed by atoms with Gasteiger partial charge in [0.25, 0.3) is 0 Å². The van der Waals surface area contributed by atoms with Gasteiger partial charge in [-0.25, -0.2) is 17.5 Å². The summed E-state index contributed by atoms with van der Waals surface area (Å²) < 4.78 is 41.1. The quantitative estimate of drug-likeness (QED) is 0.846. The molecule has 0 aliphatic carbocycles. The molecule has 4 nitrogen and oxygen atoms in total. The first kappa shape index (κ1) is 16.1. The van der Waals surface area contributed by atoms with E-state index in [9.17, 15) is 12.8 Å². The summed E-state index contributed by atoms with van der Waals surface area (Å²) in [4.78, 5) is -0.434. The molecule has 0 saturated carbocycles. The summed E-state index contributed by atoms with van der Waals surface area (Å²) in [5.41, 5.74) is 1.08. The average Bonchev–Trinajstić information content (AvgIpc) is 2.46. The number of benzene rings is 2. The van der Waals surface area contributed by atoms with Gasteiger partial charge in [0.1, 0.15) is 10.7 Å². The van der Waals surface area contributed by atoms with Crippen LogP contribution in [0.3, 0.4) is 0 Å². The van der Waals surface area contributed by atoms with Gasteiger partial charge in [0, 0.05) is 11.0 Å². The molecule has 2 aromatic carbocycles. The fourth-order valence-electron chi connectivity index (χ4n) is 1.72. The Morgan fingerprint density at radius 1 is 1.10 bits per heavy atom. The highest BCUT2D eigenvalue weighted by Crippen LogP contribution is 2.17. The van der Waals surface area contributed by atoms with E-state index in [1.54, 1.807) is 24.3 Å². The van der Waals surface area contributed by atoms with Crippen molar-refractivity contribution in [2.75, 3.05) is 0 Å². The second kappa shape index (κ2) is 6.65. The minimum absolute atomic E-state index is 0.0663. The van der Waals surface area contributed by atoms with Gasteiger partial charge < -0.3 is 5.11 Å². The predicted molar refractivity (Wildman–Crippen MR) is 80.5 cm³/mol. The third kappa shape index (κ3) is 4.10. The lowest BCUT2D eigenvalue weighted by Crippen LogP contribution is -2.24.